The predicted molar refractivity (Wildman–Crippen MR) is 117 cm³/mol. The van der Waals surface area contributed by atoms with Crippen LogP contribution < -0.4 is 9.64 Å². The molecule has 0 bridgehead atoms. The van der Waals surface area contributed by atoms with Gasteiger partial charge in [0, 0.05) is 32.7 Å². The van der Waals surface area contributed by atoms with Gasteiger partial charge in [0.15, 0.2) is 17.0 Å². The number of nitrogens with zero attached hydrogens (tertiary/aromatic N) is 6. The van der Waals surface area contributed by atoms with Gasteiger partial charge in [0.25, 0.3) is 0 Å². The van der Waals surface area contributed by atoms with Crippen LogP contribution in [0.5, 0.6) is 5.75 Å². The van der Waals surface area contributed by atoms with Crippen LogP contribution in [0, 0.1) is 11.8 Å². The van der Waals surface area contributed by atoms with Crippen molar-refractivity contribution in [1.82, 2.24) is 23.8 Å². The Balaban J connectivity index is 1.31. The van der Waals surface area contributed by atoms with E-state index in [0.29, 0.717) is 30.3 Å². The van der Waals surface area contributed by atoms with Crippen molar-refractivity contribution in [3.8, 4) is 5.75 Å². The van der Waals surface area contributed by atoms with Crippen molar-refractivity contribution >= 4 is 27.0 Å². The fourth-order valence-corrected chi connectivity index (χ4v) is 6.23. The smallest absolute Gasteiger partial charge is 0.243 e. The fourth-order valence-electron chi connectivity index (χ4n) is 4.67. The number of sulfonamides is 1. The number of aromatic nitrogens is 4. The molecule has 4 heterocycles. The second kappa shape index (κ2) is 7.76. The number of hydrogen-bond acceptors (Lipinski definition) is 7. The minimum atomic E-state index is -3.51. The summed E-state index contributed by atoms with van der Waals surface area (Å²) in [6.45, 7) is 7.90. The molecule has 9 nitrogen and oxygen atoms in total. The van der Waals surface area contributed by atoms with E-state index in [-0.39, 0.29) is 11.8 Å². The van der Waals surface area contributed by atoms with Crippen molar-refractivity contribution in [2.75, 3.05) is 37.7 Å². The highest BCUT2D eigenvalue weighted by atomic mass is 32.2. The van der Waals surface area contributed by atoms with Crippen LogP contribution in [-0.4, -0.2) is 65.0 Å². The average Bonchev–Trinajstić information content (AvgIpc) is 3.47. The molecule has 2 saturated heterocycles. The maximum atomic E-state index is 13.1. The number of fused-ring (bicyclic) bond motifs is 2. The molecule has 31 heavy (non-hydrogen) atoms. The molecule has 0 aliphatic carbocycles. The molecule has 0 radical (unpaired) electrons. The van der Waals surface area contributed by atoms with Crippen LogP contribution in [0.25, 0.3) is 11.2 Å². The first kappa shape index (κ1) is 20.2. The fraction of sp³-hybridized carbons (Fsp3) is 0.476. The highest BCUT2D eigenvalue weighted by molar-refractivity contribution is 7.89. The van der Waals surface area contributed by atoms with Crippen LogP contribution >= 0.6 is 0 Å². The number of aryl methyl sites for hydroxylation is 1. The van der Waals surface area contributed by atoms with E-state index in [1.165, 1.54) is 0 Å². The first-order chi connectivity index (χ1) is 15.0. The second-order valence-electron chi connectivity index (χ2n) is 8.05. The van der Waals surface area contributed by atoms with Gasteiger partial charge in [-0.3, -0.25) is 0 Å². The monoisotopic (exact) mass is 442 g/mol. The van der Waals surface area contributed by atoms with Crippen LogP contribution in [0.15, 0.2) is 41.8 Å². The molecule has 1 aromatic carbocycles. The van der Waals surface area contributed by atoms with Crippen LogP contribution in [0.3, 0.4) is 0 Å². The van der Waals surface area contributed by atoms with Gasteiger partial charge < -0.3 is 14.2 Å². The summed E-state index contributed by atoms with van der Waals surface area (Å²) >= 11 is 0. The molecule has 164 valence electrons. The highest BCUT2D eigenvalue weighted by Crippen LogP contribution is 2.37. The zero-order chi connectivity index (χ0) is 21.6. The Morgan fingerprint density at radius 3 is 2.35 bits per heavy atom. The molecule has 0 amide bonds. The number of anilines is 1. The lowest BCUT2D eigenvalue weighted by Crippen LogP contribution is -2.33. The molecule has 0 saturated carbocycles. The molecule has 2 aromatic heterocycles. The molecule has 10 heteroatoms. The SMILES string of the molecule is CCOc1ccc(S(=O)(=O)N2CC3CN(c4ncnc5c4ncn5CC)CC3C2)cc1. The maximum absolute atomic E-state index is 13.1. The van der Waals surface area contributed by atoms with Gasteiger partial charge in [-0.05, 0) is 49.9 Å². The van der Waals surface area contributed by atoms with E-state index >= 15 is 0 Å². The lowest BCUT2D eigenvalue weighted by atomic mass is 10.0. The Hall–Kier alpha value is -2.72. The molecule has 2 atom stereocenters. The van der Waals surface area contributed by atoms with Crippen molar-refractivity contribution < 1.29 is 13.2 Å². The van der Waals surface area contributed by atoms with Crippen molar-refractivity contribution in [2.45, 2.75) is 25.3 Å². The summed E-state index contributed by atoms with van der Waals surface area (Å²) in [7, 11) is -3.51. The zero-order valence-electron chi connectivity index (χ0n) is 17.7. The summed E-state index contributed by atoms with van der Waals surface area (Å²) in [6.07, 6.45) is 3.38. The Bertz CT molecular complexity index is 1180. The van der Waals surface area contributed by atoms with Crippen molar-refractivity contribution in [2.24, 2.45) is 11.8 Å². The van der Waals surface area contributed by atoms with E-state index in [2.05, 4.69) is 26.8 Å². The summed E-state index contributed by atoms with van der Waals surface area (Å²) in [5.41, 5.74) is 1.65. The second-order valence-corrected chi connectivity index (χ2v) is 9.99. The Morgan fingerprint density at radius 1 is 1.00 bits per heavy atom. The van der Waals surface area contributed by atoms with Crippen LogP contribution in [0.1, 0.15) is 13.8 Å². The van der Waals surface area contributed by atoms with Gasteiger partial charge in [-0.25, -0.2) is 23.4 Å². The molecule has 2 aliphatic heterocycles. The predicted octanol–water partition coefficient (Wildman–Crippen LogP) is 2.00. The highest BCUT2D eigenvalue weighted by Gasteiger charge is 2.45. The van der Waals surface area contributed by atoms with E-state index in [4.69, 9.17) is 4.74 Å². The third-order valence-electron chi connectivity index (χ3n) is 6.25. The summed E-state index contributed by atoms with van der Waals surface area (Å²) in [6, 6.07) is 6.68. The number of benzene rings is 1. The molecule has 0 N–H and O–H groups in total. The summed E-state index contributed by atoms with van der Waals surface area (Å²) < 4.78 is 35.3. The molecular weight excluding hydrogens is 416 g/mol. The Labute approximate surface area is 181 Å². The molecular formula is C21H26N6O3S. The number of ether oxygens (including phenoxy) is 1. The quantitative estimate of drug-likeness (QED) is 0.576. The third-order valence-corrected chi connectivity index (χ3v) is 8.09. The van der Waals surface area contributed by atoms with Crippen molar-refractivity contribution in [1.29, 1.82) is 0 Å². The van der Waals surface area contributed by atoms with E-state index in [9.17, 15) is 8.42 Å². The van der Waals surface area contributed by atoms with Gasteiger partial charge in [0.1, 0.15) is 12.1 Å². The number of imidazole rings is 1. The summed E-state index contributed by atoms with van der Waals surface area (Å²) in [5.74, 6) is 2.07. The molecule has 2 fully saturated rings. The lowest BCUT2D eigenvalue weighted by molar-refractivity contribution is 0.340. The van der Waals surface area contributed by atoms with Crippen molar-refractivity contribution in [3.63, 3.8) is 0 Å². The molecule has 2 aliphatic rings. The maximum Gasteiger partial charge on any atom is 0.243 e. The van der Waals surface area contributed by atoms with Gasteiger partial charge >= 0.3 is 0 Å². The van der Waals surface area contributed by atoms with E-state index < -0.39 is 10.0 Å². The standard InChI is InChI=1S/C21H26N6O3S/c1-3-25-14-24-19-20(25)22-13-23-21(19)26-9-15-11-27(12-16(15)10-26)31(28,29)18-7-5-17(6-8-18)30-4-2/h5-8,13-16H,3-4,9-12H2,1-2H3. The average molecular weight is 443 g/mol. The Kier molecular flexibility index (Phi) is 5.05. The normalized spacial score (nSPS) is 21.7. The van der Waals surface area contributed by atoms with Crippen LogP contribution in [-0.2, 0) is 16.6 Å². The third kappa shape index (κ3) is 3.43. The minimum Gasteiger partial charge on any atom is -0.494 e. The van der Waals surface area contributed by atoms with Gasteiger partial charge in [-0.2, -0.15) is 4.31 Å². The first-order valence-corrected chi connectivity index (χ1v) is 12.1. The van der Waals surface area contributed by atoms with Gasteiger partial charge in [0.2, 0.25) is 10.0 Å². The lowest BCUT2D eigenvalue weighted by Gasteiger charge is -2.22. The van der Waals surface area contributed by atoms with Gasteiger partial charge in [-0.15, -0.1) is 0 Å². The van der Waals surface area contributed by atoms with Crippen molar-refractivity contribution in [3.05, 3.63) is 36.9 Å². The zero-order valence-corrected chi connectivity index (χ0v) is 18.5. The molecule has 5 rings (SSSR count). The summed E-state index contributed by atoms with van der Waals surface area (Å²) in [4.78, 5) is 15.9. The van der Waals surface area contributed by atoms with E-state index in [0.717, 1.165) is 36.6 Å². The molecule has 3 aromatic rings. The van der Waals surface area contributed by atoms with E-state index in [1.807, 2.05) is 11.5 Å². The largest absolute Gasteiger partial charge is 0.494 e. The number of hydrogen-bond donors (Lipinski definition) is 0. The minimum absolute atomic E-state index is 0.274. The number of rotatable bonds is 6. The topological polar surface area (TPSA) is 93.5 Å². The molecule has 2 unspecified atom stereocenters. The van der Waals surface area contributed by atoms with E-state index in [1.54, 1.807) is 41.2 Å². The summed E-state index contributed by atoms with van der Waals surface area (Å²) in [5, 5.41) is 0. The first-order valence-electron chi connectivity index (χ1n) is 10.6. The Morgan fingerprint density at radius 2 is 1.71 bits per heavy atom. The van der Waals surface area contributed by atoms with Crippen LogP contribution in [0.4, 0.5) is 5.82 Å². The van der Waals surface area contributed by atoms with Gasteiger partial charge in [0.05, 0.1) is 17.8 Å². The molecule has 0 spiro atoms. The van der Waals surface area contributed by atoms with Crippen LogP contribution in [0.2, 0.25) is 0 Å². The van der Waals surface area contributed by atoms with Gasteiger partial charge in [-0.1, -0.05) is 0 Å².